The van der Waals surface area contributed by atoms with Crippen molar-refractivity contribution in [1.82, 2.24) is 9.55 Å². The molecule has 3 rings (SSSR count). The Kier molecular flexibility index (Phi) is 5.55. The predicted molar refractivity (Wildman–Crippen MR) is 110 cm³/mol. The number of hydrogen-bond donors (Lipinski definition) is 2. The van der Waals surface area contributed by atoms with Gasteiger partial charge in [0.1, 0.15) is 11.3 Å². The van der Waals surface area contributed by atoms with Gasteiger partial charge >= 0.3 is 0 Å². The van der Waals surface area contributed by atoms with Gasteiger partial charge in [-0.2, -0.15) is 5.10 Å². The molecule has 0 unspecified atom stereocenters. The molecule has 1 aromatic carbocycles. The van der Waals surface area contributed by atoms with Gasteiger partial charge in [-0.3, -0.25) is 14.3 Å². The number of nitrogens with zero attached hydrogens (tertiary/aromatic N) is 3. The van der Waals surface area contributed by atoms with Gasteiger partial charge in [0.15, 0.2) is 16.3 Å². The van der Waals surface area contributed by atoms with Crippen LogP contribution in [0.1, 0.15) is 11.1 Å². The Hall–Kier alpha value is -3.46. The molecule has 0 fully saturated rings. The molecule has 144 valence electrons. The summed E-state index contributed by atoms with van der Waals surface area (Å²) >= 11 is 5.09. The monoisotopic (exact) mass is 398 g/mol. The molecule has 0 atom stereocenters. The highest BCUT2D eigenvalue weighted by Gasteiger charge is 2.18. The summed E-state index contributed by atoms with van der Waals surface area (Å²) < 4.78 is 12.0. The summed E-state index contributed by atoms with van der Waals surface area (Å²) in [6, 6.07) is 5.31. The van der Waals surface area contributed by atoms with Crippen LogP contribution in [-0.4, -0.2) is 40.8 Å². The van der Waals surface area contributed by atoms with Crippen LogP contribution in [0.5, 0.6) is 17.4 Å². The molecule has 1 aromatic heterocycles. The van der Waals surface area contributed by atoms with Crippen LogP contribution in [0, 0.1) is 4.77 Å². The third kappa shape index (κ3) is 3.52. The van der Waals surface area contributed by atoms with E-state index in [4.69, 9.17) is 21.7 Å². The van der Waals surface area contributed by atoms with Gasteiger partial charge in [-0.25, -0.2) is 0 Å². The molecule has 2 aromatic rings. The summed E-state index contributed by atoms with van der Waals surface area (Å²) in [7, 11) is 3.09. The first-order valence-electron chi connectivity index (χ1n) is 8.22. The van der Waals surface area contributed by atoms with Crippen molar-refractivity contribution in [2.24, 2.45) is 10.2 Å². The minimum absolute atomic E-state index is 0.0481. The van der Waals surface area contributed by atoms with Crippen molar-refractivity contribution in [2.45, 2.75) is 6.54 Å². The summed E-state index contributed by atoms with van der Waals surface area (Å²) in [6.45, 7) is 3.88. The van der Waals surface area contributed by atoms with E-state index >= 15 is 0 Å². The maximum atomic E-state index is 12.3. The Morgan fingerprint density at radius 2 is 2.07 bits per heavy atom. The zero-order valence-electron chi connectivity index (χ0n) is 15.3. The van der Waals surface area contributed by atoms with E-state index in [0.29, 0.717) is 22.8 Å². The van der Waals surface area contributed by atoms with Gasteiger partial charge < -0.3 is 14.6 Å². The number of aromatic nitrogens is 2. The largest absolute Gasteiger partial charge is 0.494 e. The fourth-order valence-electron chi connectivity index (χ4n) is 2.74. The van der Waals surface area contributed by atoms with Gasteiger partial charge in [-0.1, -0.05) is 6.08 Å². The van der Waals surface area contributed by atoms with Gasteiger partial charge in [-0.15, -0.1) is 11.7 Å². The molecule has 0 radical (unpaired) electrons. The summed E-state index contributed by atoms with van der Waals surface area (Å²) in [6.07, 6.45) is 4.58. The molecule has 0 amide bonds. The molecule has 9 heteroatoms. The lowest BCUT2D eigenvalue weighted by molar-refractivity contribution is 0.355. The number of benzene rings is 1. The molecule has 2 heterocycles. The van der Waals surface area contributed by atoms with Crippen molar-refractivity contribution in [3.63, 3.8) is 0 Å². The SMILES string of the molecule is C=CCn1c(O)c(C=C2C=NN=C2c2ccc(OC)c(OC)c2)c(=O)[nH]c1=S. The van der Waals surface area contributed by atoms with E-state index in [9.17, 15) is 9.90 Å². The molecule has 0 aliphatic carbocycles. The highest BCUT2D eigenvalue weighted by atomic mass is 32.1. The van der Waals surface area contributed by atoms with Crippen molar-refractivity contribution in [3.05, 3.63) is 62.7 Å². The average Bonchev–Trinajstić information content (AvgIpc) is 3.16. The first kappa shape index (κ1) is 19.3. The molecular formula is C19H18N4O4S. The van der Waals surface area contributed by atoms with E-state index < -0.39 is 5.56 Å². The summed E-state index contributed by atoms with van der Waals surface area (Å²) in [5, 5.41) is 18.6. The van der Waals surface area contributed by atoms with Crippen LogP contribution < -0.4 is 15.0 Å². The predicted octanol–water partition coefficient (Wildman–Crippen LogP) is 2.69. The van der Waals surface area contributed by atoms with Crippen LogP contribution in [0.4, 0.5) is 0 Å². The summed E-state index contributed by atoms with van der Waals surface area (Å²) in [5.41, 5.74) is 1.33. The molecule has 2 N–H and O–H groups in total. The van der Waals surface area contributed by atoms with Crippen molar-refractivity contribution in [1.29, 1.82) is 0 Å². The van der Waals surface area contributed by atoms with Crippen LogP contribution in [0.2, 0.25) is 0 Å². The standard InChI is InChI=1S/C19H18N4O4S/c1-4-7-23-18(25)13(17(24)21-19(23)28)8-12-10-20-22-16(12)11-5-6-14(26-2)15(9-11)27-3/h4-6,8-10,25H,1,7H2,2-3H3,(H,21,24,28). The number of aromatic hydroxyl groups is 1. The smallest absolute Gasteiger partial charge is 0.262 e. The van der Waals surface area contributed by atoms with E-state index in [1.165, 1.54) is 24.0 Å². The van der Waals surface area contributed by atoms with Crippen molar-refractivity contribution < 1.29 is 14.6 Å². The Morgan fingerprint density at radius 1 is 1.32 bits per heavy atom. The highest BCUT2D eigenvalue weighted by Crippen LogP contribution is 2.29. The van der Waals surface area contributed by atoms with Gasteiger partial charge in [0.25, 0.3) is 5.56 Å². The molecule has 1 aliphatic rings. The molecule has 0 saturated carbocycles. The fraction of sp³-hybridized carbons (Fsp3) is 0.158. The van der Waals surface area contributed by atoms with Gasteiger partial charge in [0.2, 0.25) is 5.88 Å². The van der Waals surface area contributed by atoms with Crippen molar-refractivity contribution >= 4 is 30.2 Å². The lowest BCUT2D eigenvalue weighted by Crippen LogP contribution is -2.17. The molecule has 0 saturated heterocycles. The number of aromatic amines is 1. The Morgan fingerprint density at radius 3 is 2.75 bits per heavy atom. The van der Waals surface area contributed by atoms with E-state index in [1.54, 1.807) is 31.4 Å². The third-order valence-electron chi connectivity index (χ3n) is 4.10. The van der Waals surface area contributed by atoms with Gasteiger partial charge in [0, 0.05) is 17.7 Å². The van der Waals surface area contributed by atoms with E-state index in [2.05, 4.69) is 21.8 Å². The number of methoxy groups -OCH3 is 2. The summed E-state index contributed by atoms with van der Waals surface area (Å²) in [5.74, 6) is 0.860. The number of hydrogen-bond acceptors (Lipinski definition) is 7. The van der Waals surface area contributed by atoms with E-state index in [-0.39, 0.29) is 22.8 Å². The molecule has 0 spiro atoms. The quantitative estimate of drug-likeness (QED) is 0.575. The second-order valence-electron chi connectivity index (χ2n) is 5.76. The third-order valence-corrected chi connectivity index (χ3v) is 4.43. The molecule has 1 aliphatic heterocycles. The van der Waals surface area contributed by atoms with Crippen LogP contribution in [-0.2, 0) is 6.54 Å². The second-order valence-corrected chi connectivity index (χ2v) is 6.15. The number of H-pyrrole nitrogens is 1. The Balaban J connectivity index is 2.09. The van der Waals surface area contributed by atoms with Crippen molar-refractivity contribution in [3.8, 4) is 17.4 Å². The Bertz CT molecular complexity index is 1140. The topological polar surface area (TPSA) is 101 Å². The number of rotatable bonds is 6. The number of nitrogens with one attached hydrogen (secondary N) is 1. The molecule has 0 bridgehead atoms. The van der Waals surface area contributed by atoms with Crippen LogP contribution >= 0.6 is 12.2 Å². The minimum Gasteiger partial charge on any atom is -0.494 e. The van der Waals surface area contributed by atoms with E-state index in [0.717, 1.165) is 5.56 Å². The maximum absolute atomic E-state index is 12.3. The second kappa shape index (κ2) is 8.05. The number of allylic oxidation sites excluding steroid dienone is 2. The Labute approximate surface area is 165 Å². The first-order valence-corrected chi connectivity index (χ1v) is 8.63. The molecule has 8 nitrogen and oxygen atoms in total. The normalized spacial score (nSPS) is 14.2. The van der Waals surface area contributed by atoms with Crippen LogP contribution in [0.25, 0.3) is 6.08 Å². The molecular weight excluding hydrogens is 380 g/mol. The van der Waals surface area contributed by atoms with Gasteiger partial charge in [-0.05, 0) is 36.5 Å². The summed E-state index contributed by atoms with van der Waals surface area (Å²) in [4.78, 5) is 14.9. The zero-order valence-corrected chi connectivity index (χ0v) is 16.1. The fourth-order valence-corrected chi connectivity index (χ4v) is 2.99. The lowest BCUT2D eigenvalue weighted by atomic mass is 10.0. The average molecular weight is 398 g/mol. The van der Waals surface area contributed by atoms with Gasteiger partial charge in [0.05, 0.1) is 20.4 Å². The van der Waals surface area contributed by atoms with Crippen molar-refractivity contribution in [2.75, 3.05) is 14.2 Å². The van der Waals surface area contributed by atoms with E-state index in [1.807, 2.05) is 0 Å². The highest BCUT2D eigenvalue weighted by molar-refractivity contribution is 7.71. The maximum Gasteiger partial charge on any atom is 0.262 e. The first-order chi connectivity index (χ1) is 13.5. The number of ether oxygens (including phenoxy) is 2. The molecule has 28 heavy (non-hydrogen) atoms. The van der Waals surface area contributed by atoms with Crippen LogP contribution in [0.15, 0.2) is 51.4 Å². The minimum atomic E-state index is -0.512. The lowest BCUT2D eigenvalue weighted by Gasteiger charge is -2.11. The zero-order chi connectivity index (χ0) is 20.3. The van der Waals surface area contributed by atoms with Crippen LogP contribution in [0.3, 0.4) is 0 Å².